The van der Waals surface area contributed by atoms with Crippen molar-refractivity contribution in [2.24, 2.45) is 10.9 Å². The van der Waals surface area contributed by atoms with Gasteiger partial charge in [-0.1, -0.05) is 245 Å². The van der Waals surface area contributed by atoms with Gasteiger partial charge in [-0.25, -0.2) is 19.4 Å². The van der Waals surface area contributed by atoms with Crippen molar-refractivity contribution in [1.82, 2.24) is 14.7 Å². The highest BCUT2D eigenvalue weighted by molar-refractivity contribution is 6.17. The number of carboxylic acids is 1. The van der Waals surface area contributed by atoms with Crippen LogP contribution in [0.25, 0.3) is 0 Å². The van der Waals surface area contributed by atoms with E-state index in [-0.39, 0.29) is 57.2 Å². The molecule has 5 N–H and O–H groups in total. The molecule has 2 saturated heterocycles. The van der Waals surface area contributed by atoms with Crippen molar-refractivity contribution < 1.29 is 54.5 Å². The minimum Gasteiger partial charge on any atom is -0.481 e. The number of rotatable bonds is 23. The predicted octanol–water partition coefficient (Wildman–Crippen LogP) is 16.7. The Morgan fingerprint density at radius 2 is 1.00 bits per heavy atom. The van der Waals surface area contributed by atoms with Crippen LogP contribution in [0.1, 0.15) is 154 Å². The third-order valence-corrected chi connectivity index (χ3v) is 19.5. The number of aliphatic carboxylic acids is 1. The summed E-state index contributed by atoms with van der Waals surface area (Å²) < 4.78 is 12.1. The summed E-state index contributed by atoms with van der Waals surface area (Å²) in [5.41, 5.74) is 5.98. The number of hydrogen-bond donors (Lipinski definition) is 5. The van der Waals surface area contributed by atoms with Crippen molar-refractivity contribution in [1.29, 1.82) is 0 Å². The number of carbonyl (C=O) groups is 3. The molecule has 0 bridgehead atoms. The van der Waals surface area contributed by atoms with Crippen LogP contribution in [0.5, 0.6) is 0 Å². The molecule has 99 heavy (non-hydrogen) atoms. The molecule has 7 aromatic carbocycles. The van der Waals surface area contributed by atoms with Gasteiger partial charge in [-0.15, -0.1) is 24.8 Å². The van der Waals surface area contributed by atoms with Crippen molar-refractivity contribution in [2.45, 2.75) is 150 Å². The van der Waals surface area contributed by atoms with Gasteiger partial charge in [0.05, 0.1) is 17.6 Å². The first-order valence-electron chi connectivity index (χ1n) is 34.4. The molecule has 11 atom stereocenters. The molecule has 13 rings (SSSR count). The topological polar surface area (TPSA) is 210 Å². The number of ether oxygens (including phenoxy) is 2. The molecule has 4 aliphatic carbocycles. The van der Waals surface area contributed by atoms with Gasteiger partial charge >= 0.3 is 18.2 Å². The molecule has 3 radical (unpaired) electrons. The van der Waals surface area contributed by atoms with Gasteiger partial charge in [-0.2, -0.15) is 0 Å². The maximum absolute atomic E-state index is 12.8. The first-order chi connectivity index (χ1) is 47.7. The monoisotopic (exact) mass is 1360 g/mol. The van der Waals surface area contributed by atoms with Crippen LogP contribution in [0.15, 0.2) is 243 Å². The van der Waals surface area contributed by atoms with Crippen molar-refractivity contribution in [3.63, 3.8) is 0 Å². The van der Waals surface area contributed by atoms with E-state index in [1.54, 1.807) is 12.2 Å². The second kappa shape index (κ2) is 40.6. The number of aliphatic hydroxyl groups excluding tert-OH is 1. The van der Waals surface area contributed by atoms with Gasteiger partial charge in [0, 0.05) is 83.1 Å². The predicted molar refractivity (Wildman–Crippen MR) is 394 cm³/mol. The average Bonchev–Trinajstić information content (AvgIpc) is 1.66. The molecule has 7 aromatic rings. The summed E-state index contributed by atoms with van der Waals surface area (Å²) >= 11 is 5.68. The molecule has 15 nitrogen and oxygen atoms in total. The number of benzene rings is 7. The molecule has 6 aliphatic rings. The molecule has 4 saturated carbocycles. The van der Waals surface area contributed by atoms with Crippen molar-refractivity contribution in [2.75, 3.05) is 45.2 Å². The molecule has 523 valence electrons. The molecule has 0 spiro atoms. The second-order valence-corrected chi connectivity index (χ2v) is 25.9. The van der Waals surface area contributed by atoms with Crippen molar-refractivity contribution in [3.8, 4) is 0 Å². The second-order valence-electron chi connectivity index (χ2n) is 25.5. The third kappa shape index (κ3) is 22.8. The van der Waals surface area contributed by atoms with E-state index in [1.165, 1.54) is 36.3 Å². The lowest BCUT2D eigenvalue weighted by atomic mass is 9.84. The molecule has 17 heteroatoms. The van der Waals surface area contributed by atoms with Gasteiger partial charge in [0.2, 0.25) is 6.08 Å². The highest BCUT2D eigenvalue weighted by Crippen LogP contribution is 2.51. The number of alkyl halides is 1. The Morgan fingerprint density at radius 3 is 1.36 bits per heavy atom. The van der Waals surface area contributed by atoms with Crippen LogP contribution in [-0.4, -0.2) is 137 Å². The van der Waals surface area contributed by atoms with E-state index < -0.39 is 22.8 Å². The van der Waals surface area contributed by atoms with Crippen LogP contribution >= 0.6 is 11.6 Å². The van der Waals surface area contributed by atoms with Gasteiger partial charge in [-0.3, -0.25) is 15.3 Å². The fraction of sp³-hybridized carbons (Fsp3) is 0.390. The van der Waals surface area contributed by atoms with Gasteiger partial charge in [-0.05, 0) is 116 Å². The zero-order valence-corrected chi connectivity index (χ0v) is 58.3. The van der Waals surface area contributed by atoms with Crippen molar-refractivity contribution in [3.05, 3.63) is 277 Å². The van der Waals surface area contributed by atoms with Crippen LogP contribution in [0.4, 0.5) is 9.59 Å². The van der Waals surface area contributed by atoms with Crippen LogP contribution in [0.2, 0.25) is 0 Å². The smallest absolute Gasteiger partial charge is 0.410 e. The van der Waals surface area contributed by atoms with E-state index in [0.29, 0.717) is 62.3 Å². The van der Waals surface area contributed by atoms with Gasteiger partial charge in [0.25, 0.3) is 0 Å². The Balaban J connectivity index is 0.000000195. The molecule has 6 fully saturated rings. The number of aliphatic hydroxyl groups is 2. The lowest BCUT2D eigenvalue weighted by molar-refractivity contribution is -0.176. The average molecular weight is 1360 g/mol. The Labute approximate surface area is 593 Å². The number of nitrogens with zero attached hydrogens (tertiary/aromatic N) is 4. The molecule has 11 unspecified atom stereocenters. The molecule has 2 heterocycles. The lowest BCUT2D eigenvalue weighted by Gasteiger charge is -2.42. The summed E-state index contributed by atoms with van der Waals surface area (Å²) in [7, 11) is 0. The minimum absolute atomic E-state index is 0. The SMILES string of the molecule is C=CCC(O)(CCCl)c1ccccc1.C=CCC1(c2ccccc2)CCN(C2CC2c2ccccc2)C(=O)O1.CCN(CC)CC.O=C(O)C1CC1c1ccccc1.O=C1OC(CCCO)(c2ccccc2)CCN1C1CC1c1ccccc1.O=C=NC1CC1c1ccccc1.OO.[B]. The van der Waals surface area contributed by atoms with E-state index in [4.69, 9.17) is 36.7 Å². The Morgan fingerprint density at radius 1 is 0.606 bits per heavy atom. The number of amides is 2. The van der Waals surface area contributed by atoms with Gasteiger partial charge < -0.3 is 39.5 Å². The van der Waals surface area contributed by atoms with E-state index in [0.717, 1.165) is 67.3 Å². The van der Waals surface area contributed by atoms with Crippen LogP contribution in [0.3, 0.4) is 0 Å². The van der Waals surface area contributed by atoms with E-state index in [9.17, 15) is 29.4 Å². The van der Waals surface area contributed by atoms with Gasteiger partial charge in [0.1, 0.15) is 11.2 Å². The highest BCUT2D eigenvalue weighted by Gasteiger charge is 2.52. The number of aliphatic imine (C=N–C) groups is 1. The minimum atomic E-state index is -0.856. The summed E-state index contributed by atoms with van der Waals surface area (Å²) in [5, 5.41) is 40.3. The number of carboxylic acid groups (broad SMARTS) is 1. The summed E-state index contributed by atoms with van der Waals surface area (Å²) in [5.74, 6) is 1.24. The summed E-state index contributed by atoms with van der Waals surface area (Å²) in [6.45, 7) is 19.2. The molecular weight excluding hydrogens is 1260 g/mol. The third-order valence-electron chi connectivity index (χ3n) is 19.3. The number of carbonyl (C=O) groups excluding carboxylic acids is 3. The van der Waals surface area contributed by atoms with E-state index >= 15 is 0 Å². The number of cyclic esters (lactones) is 2. The van der Waals surface area contributed by atoms with Crippen molar-refractivity contribution >= 4 is 44.2 Å². The van der Waals surface area contributed by atoms with E-state index in [1.807, 2.05) is 168 Å². The standard InChI is InChI=1S/C22H25NO3.C22H23NO2.C12H15ClO.C10H9NO.C10H10O2.C6H15N.B.H2O2/c24-15-7-12-22(18-10-5-2-6-11-18)13-14-23(21(25)26-22)20-16-19(20)17-8-3-1-4-9-17;1-2-13-22(18-11-7-4-8-12-18)14-15-23(21(24)25-22)20-16-19(20)17-9-5-3-6-10-17;1-2-8-12(14,9-10-13)11-6-4-3-5-7-11;12-7-11-10-6-9(10)8-4-2-1-3-5-8;11-10(12)9-6-8(9)7-4-2-1-3-5-7;1-4-7(5-2)6-3;;1-2/h1-6,8-11,19-20,24H,7,12-16H2;2-12,19-20H,1,13-16H2;2-7,14H,1,8-10H2;1-5,9-10H,6H2;1-5,8-9H,6H2,(H,11,12);4-6H2,1-3H3;;1-2H. The Hall–Kier alpha value is -8.44. The van der Waals surface area contributed by atoms with Crippen LogP contribution < -0.4 is 0 Å². The number of halogens is 1. The molecule has 2 aliphatic heterocycles. The fourth-order valence-corrected chi connectivity index (χ4v) is 13.7. The summed E-state index contributed by atoms with van der Waals surface area (Å²) in [6.07, 6.45) is 13.2. The largest absolute Gasteiger partial charge is 0.481 e. The van der Waals surface area contributed by atoms with E-state index in [2.05, 4.69) is 104 Å². The highest BCUT2D eigenvalue weighted by atomic mass is 35.5. The fourth-order valence-electron chi connectivity index (χ4n) is 13.3. The zero-order chi connectivity index (χ0) is 70.3. The lowest BCUT2D eigenvalue weighted by Crippen LogP contribution is -2.49. The summed E-state index contributed by atoms with van der Waals surface area (Å²) in [6, 6.07) is 71.1. The first kappa shape index (κ1) is 79.5. The quantitative estimate of drug-likeness (QED) is 0.00771. The van der Waals surface area contributed by atoms with Crippen LogP contribution in [0, 0.1) is 5.92 Å². The normalized spacial score (nSPS) is 23.7. The van der Waals surface area contributed by atoms with Gasteiger partial charge in [0.15, 0.2) is 0 Å². The Bertz CT molecular complexity index is 3490. The Kier molecular flexibility index (Phi) is 32.6. The maximum atomic E-state index is 12.8. The molecular formula is C82H99BClN4O11. The summed E-state index contributed by atoms with van der Waals surface area (Å²) in [4.78, 5) is 56.0. The zero-order valence-electron chi connectivity index (χ0n) is 57.6. The van der Waals surface area contributed by atoms with Crippen LogP contribution in [-0.2, 0) is 35.9 Å². The maximum Gasteiger partial charge on any atom is 0.410 e. The molecule has 0 aromatic heterocycles. The molecule has 2 amide bonds. The first-order valence-corrected chi connectivity index (χ1v) is 35.0. The number of isocyanates is 1. The number of hydrogen-bond acceptors (Lipinski definition) is 12.